The highest BCUT2D eigenvalue weighted by Crippen LogP contribution is 2.14. The molecule has 4 N–H and O–H groups in total. The molecule has 0 radical (unpaired) electrons. The molecule has 8 nitrogen and oxygen atoms in total. The molecule has 0 aliphatic rings. The molecule has 0 aliphatic heterocycles. The van der Waals surface area contributed by atoms with Crippen molar-refractivity contribution >= 4 is 5.97 Å². The number of H-pyrrole nitrogens is 2. The lowest BCUT2D eigenvalue weighted by atomic mass is 10.0. The third-order valence-corrected chi connectivity index (χ3v) is 2.21. The molecule has 8 heteroatoms. The predicted molar refractivity (Wildman–Crippen MR) is 59.9 cm³/mol. The van der Waals surface area contributed by atoms with Crippen LogP contribution in [0.2, 0.25) is 0 Å². The molecule has 0 saturated heterocycles. The molecule has 1 aromatic heterocycles. The van der Waals surface area contributed by atoms with E-state index in [1.807, 2.05) is 10.2 Å². The summed E-state index contributed by atoms with van der Waals surface area (Å²) >= 11 is 0. The van der Waals surface area contributed by atoms with E-state index in [2.05, 4.69) is 4.74 Å². The van der Waals surface area contributed by atoms with Crippen molar-refractivity contribution in [3.63, 3.8) is 0 Å². The van der Waals surface area contributed by atoms with Crippen LogP contribution in [-0.4, -0.2) is 39.1 Å². The van der Waals surface area contributed by atoms with Gasteiger partial charge in [0.1, 0.15) is 6.10 Å². The lowest BCUT2D eigenvalue weighted by Crippen LogP contribution is -2.30. The van der Waals surface area contributed by atoms with Gasteiger partial charge in [-0.25, -0.2) is 0 Å². The second-order valence-electron chi connectivity index (χ2n) is 3.56. The summed E-state index contributed by atoms with van der Waals surface area (Å²) in [6.45, 7) is 1.75. The van der Waals surface area contributed by atoms with Crippen LogP contribution in [0.15, 0.2) is 15.7 Å². The van der Waals surface area contributed by atoms with E-state index in [1.54, 1.807) is 6.92 Å². The number of rotatable bonds is 5. The average Bonchev–Trinajstić information content (AvgIpc) is 2.31. The monoisotopic (exact) mass is 258 g/mol. The number of aliphatic hydroxyl groups is 2. The summed E-state index contributed by atoms with van der Waals surface area (Å²) in [6.07, 6.45) is -3.63. The lowest BCUT2D eigenvalue weighted by Gasteiger charge is -2.16. The molecule has 2 unspecified atom stereocenters. The number of ether oxygens (including phenoxy) is 1. The van der Waals surface area contributed by atoms with Crippen LogP contribution in [0, 0.1) is 0 Å². The van der Waals surface area contributed by atoms with Crippen molar-refractivity contribution in [2.75, 3.05) is 6.61 Å². The van der Waals surface area contributed by atoms with Crippen LogP contribution in [-0.2, 0) is 9.53 Å². The second kappa shape index (κ2) is 6.12. The smallest absolute Gasteiger partial charge is 0.308 e. The number of aromatic nitrogens is 2. The molecule has 1 heterocycles. The molecule has 2 atom stereocenters. The maximum atomic E-state index is 11.3. The summed E-state index contributed by atoms with van der Waals surface area (Å²) in [7, 11) is 0. The highest BCUT2D eigenvalue weighted by molar-refractivity contribution is 5.70. The standard InChI is InChI=1S/C10H14N2O6/c1-2-18-8(15)4-6(13)9(16)5-3-7(14)11-12-10(5)17/h3,6,9,13,16H,2,4H2,1H3,(H,11,14)(H,12,17). The van der Waals surface area contributed by atoms with Crippen molar-refractivity contribution in [3.05, 3.63) is 32.3 Å². The van der Waals surface area contributed by atoms with Crippen molar-refractivity contribution in [2.24, 2.45) is 0 Å². The Morgan fingerprint density at radius 2 is 2.06 bits per heavy atom. The van der Waals surface area contributed by atoms with Gasteiger partial charge in [0.25, 0.3) is 11.1 Å². The first-order chi connectivity index (χ1) is 8.45. The highest BCUT2D eigenvalue weighted by atomic mass is 16.5. The van der Waals surface area contributed by atoms with E-state index < -0.39 is 35.7 Å². The molecule has 100 valence electrons. The molecule has 0 bridgehead atoms. The second-order valence-corrected chi connectivity index (χ2v) is 3.56. The fourth-order valence-corrected chi connectivity index (χ4v) is 1.36. The number of hydrogen-bond acceptors (Lipinski definition) is 6. The summed E-state index contributed by atoms with van der Waals surface area (Å²) in [5.41, 5.74) is -1.69. The Hall–Kier alpha value is -1.93. The number of aliphatic hydroxyl groups excluding tert-OH is 2. The summed E-state index contributed by atoms with van der Waals surface area (Å²) in [6, 6.07) is 0.859. The van der Waals surface area contributed by atoms with Crippen LogP contribution >= 0.6 is 0 Å². The molecular weight excluding hydrogens is 244 g/mol. The Morgan fingerprint density at radius 3 is 2.67 bits per heavy atom. The van der Waals surface area contributed by atoms with Gasteiger partial charge >= 0.3 is 5.97 Å². The molecular formula is C10H14N2O6. The van der Waals surface area contributed by atoms with Gasteiger partial charge in [-0.1, -0.05) is 0 Å². The first kappa shape index (κ1) is 14.1. The maximum absolute atomic E-state index is 11.3. The summed E-state index contributed by atoms with van der Waals surface area (Å²) in [5.74, 6) is -0.703. The van der Waals surface area contributed by atoms with Gasteiger partial charge in [0.15, 0.2) is 0 Å². The Bertz CT molecular complexity index is 520. The molecule has 18 heavy (non-hydrogen) atoms. The van der Waals surface area contributed by atoms with Gasteiger partial charge in [0.05, 0.1) is 24.7 Å². The Balaban J connectivity index is 2.83. The molecule has 1 aromatic rings. The Morgan fingerprint density at radius 1 is 1.39 bits per heavy atom. The number of nitrogens with one attached hydrogen (secondary N) is 2. The van der Waals surface area contributed by atoms with E-state index in [0.717, 1.165) is 6.07 Å². The number of aromatic amines is 2. The predicted octanol–water partition coefficient (Wildman–Crippen LogP) is -1.59. The van der Waals surface area contributed by atoms with Crippen molar-refractivity contribution in [1.29, 1.82) is 0 Å². The third-order valence-electron chi connectivity index (χ3n) is 2.21. The average molecular weight is 258 g/mol. The van der Waals surface area contributed by atoms with Gasteiger partial charge < -0.3 is 14.9 Å². The van der Waals surface area contributed by atoms with Gasteiger partial charge in [-0.3, -0.25) is 24.6 Å². The van der Waals surface area contributed by atoms with E-state index in [4.69, 9.17) is 0 Å². The van der Waals surface area contributed by atoms with E-state index in [1.165, 1.54) is 0 Å². The van der Waals surface area contributed by atoms with Gasteiger partial charge in [-0.05, 0) is 6.92 Å². The number of hydrogen-bond donors (Lipinski definition) is 4. The highest BCUT2D eigenvalue weighted by Gasteiger charge is 2.24. The van der Waals surface area contributed by atoms with Gasteiger partial charge in [-0.2, -0.15) is 0 Å². The van der Waals surface area contributed by atoms with Crippen molar-refractivity contribution in [1.82, 2.24) is 10.2 Å². The molecule has 0 saturated carbocycles. The van der Waals surface area contributed by atoms with Crippen LogP contribution in [0.3, 0.4) is 0 Å². The van der Waals surface area contributed by atoms with Crippen molar-refractivity contribution < 1.29 is 19.7 Å². The zero-order valence-corrected chi connectivity index (χ0v) is 9.67. The van der Waals surface area contributed by atoms with Crippen LogP contribution in [0.5, 0.6) is 0 Å². The minimum Gasteiger partial charge on any atom is -0.466 e. The number of carbonyl (C=O) groups excluding carboxylic acids is 1. The lowest BCUT2D eigenvalue weighted by molar-refractivity contribution is -0.147. The molecule has 0 amide bonds. The first-order valence-corrected chi connectivity index (χ1v) is 5.29. The van der Waals surface area contributed by atoms with Crippen molar-refractivity contribution in [3.8, 4) is 0 Å². The Kier molecular flexibility index (Phi) is 4.81. The normalized spacial score (nSPS) is 13.9. The van der Waals surface area contributed by atoms with Crippen molar-refractivity contribution in [2.45, 2.75) is 25.6 Å². The quantitative estimate of drug-likeness (QED) is 0.471. The zero-order chi connectivity index (χ0) is 13.7. The van der Waals surface area contributed by atoms with Crippen LogP contribution in [0.4, 0.5) is 0 Å². The Labute approximate surface area is 101 Å². The summed E-state index contributed by atoms with van der Waals surface area (Å²) in [5, 5.41) is 23.3. The summed E-state index contributed by atoms with van der Waals surface area (Å²) in [4.78, 5) is 33.4. The van der Waals surface area contributed by atoms with Gasteiger partial charge in [-0.15, -0.1) is 0 Å². The fraction of sp³-hybridized carbons (Fsp3) is 0.500. The molecule has 0 spiro atoms. The van der Waals surface area contributed by atoms with Gasteiger partial charge in [0, 0.05) is 6.07 Å². The molecule has 0 fully saturated rings. The third kappa shape index (κ3) is 3.54. The van der Waals surface area contributed by atoms with Crippen LogP contribution < -0.4 is 11.1 Å². The minimum absolute atomic E-state index is 0.146. The van der Waals surface area contributed by atoms with Gasteiger partial charge in [0.2, 0.25) is 0 Å². The zero-order valence-electron chi connectivity index (χ0n) is 9.67. The molecule has 0 aromatic carbocycles. The topological polar surface area (TPSA) is 132 Å². The largest absolute Gasteiger partial charge is 0.466 e. The summed E-state index contributed by atoms with van der Waals surface area (Å²) < 4.78 is 4.59. The first-order valence-electron chi connectivity index (χ1n) is 5.29. The fourth-order valence-electron chi connectivity index (χ4n) is 1.36. The van der Waals surface area contributed by atoms with E-state index in [-0.39, 0.29) is 12.2 Å². The van der Waals surface area contributed by atoms with E-state index in [0.29, 0.717) is 0 Å². The number of carbonyl (C=O) groups is 1. The SMILES string of the molecule is CCOC(=O)CC(O)C(O)c1cc(=O)[nH][nH]c1=O. The minimum atomic E-state index is -1.64. The molecule has 0 aliphatic carbocycles. The van der Waals surface area contributed by atoms with E-state index >= 15 is 0 Å². The van der Waals surface area contributed by atoms with E-state index in [9.17, 15) is 24.6 Å². The molecule has 1 rings (SSSR count). The van der Waals surface area contributed by atoms with Crippen LogP contribution in [0.1, 0.15) is 25.0 Å². The van der Waals surface area contributed by atoms with Crippen LogP contribution in [0.25, 0.3) is 0 Å². The number of esters is 1. The maximum Gasteiger partial charge on any atom is 0.308 e.